The van der Waals surface area contributed by atoms with Gasteiger partial charge in [-0.25, -0.2) is 0 Å². The molecule has 8 heteroatoms. The molecule has 1 radical (unpaired) electrons. The second-order valence-corrected chi connectivity index (χ2v) is 5.61. The van der Waals surface area contributed by atoms with E-state index in [1.54, 1.807) is 12.1 Å². The SMILES string of the molecule is FC(F)(F)c1ccc(Oc2ccc(Cl)c(OCC[S])c2)c(Cl)c1. The molecule has 2 aromatic rings. The lowest BCUT2D eigenvalue weighted by atomic mass is 10.2. The van der Waals surface area contributed by atoms with Gasteiger partial charge in [-0.15, -0.1) is 0 Å². The molecule has 0 amide bonds. The monoisotopic (exact) mass is 381 g/mol. The highest BCUT2D eigenvalue weighted by Crippen LogP contribution is 2.37. The zero-order chi connectivity index (χ0) is 17.0. The third-order valence-electron chi connectivity index (χ3n) is 2.73. The van der Waals surface area contributed by atoms with E-state index in [1.165, 1.54) is 6.07 Å². The molecule has 0 aromatic heterocycles. The lowest BCUT2D eigenvalue weighted by Crippen LogP contribution is -2.04. The average molecular weight is 382 g/mol. The third-order valence-corrected chi connectivity index (χ3v) is 3.50. The van der Waals surface area contributed by atoms with Crippen molar-refractivity contribution >= 4 is 35.8 Å². The van der Waals surface area contributed by atoms with E-state index < -0.39 is 11.7 Å². The van der Waals surface area contributed by atoms with Crippen LogP contribution >= 0.6 is 35.8 Å². The normalized spacial score (nSPS) is 11.4. The van der Waals surface area contributed by atoms with Gasteiger partial charge in [0.1, 0.15) is 17.2 Å². The minimum Gasteiger partial charge on any atom is -0.491 e. The van der Waals surface area contributed by atoms with E-state index in [2.05, 4.69) is 0 Å². The number of halogens is 5. The molecule has 0 aliphatic carbocycles. The van der Waals surface area contributed by atoms with Gasteiger partial charge >= 0.3 is 6.18 Å². The maximum absolute atomic E-state index is 12.6. The summed E-state index contributed by atoms with van der Waals surface area (Å²) >= 11 is 16.6. The van der Waals surface area contributed by atoms with Crippen LogP contribution in [0.25, 0.3) is 0 Å². The van der Waals surface area contributed by atoms with Gasteiger partial charge in [0.2, 0.25) is 0 Å². The van der Waals surface area contributed by atoms with Gasteiger partial charge in [0.15, 0.2) is 0 Å². The van der Waals surface area contributed by atoms with Gasteiger partial charge in [-0.2, -0.15) is 13.2 Å². The summed E-state index contributed by atoms with van der Waals surface area (Å²) in [6.07, 6.45) is -4.46. The first-order valence-corrected chi connectivity index (χ1v) is 7.69. The quantitative estimate of drug-likeness (QED) is 0.597. The molecule has 2 aromatic carbocycles. The smallest absolute Gasteiger partial charge is 0.416 e. The van der Waals surface area contributed by atoms with Crippen LogP contribution in [0.15, 0.2) is 36.4 Å². The molecule has 23 heavy (non-hydrogen) atoms. The van der Waals surface area contributed by atoms with Gasteiger partial charge in [0.25, 0.3) is 0 Å². The molecule has 0 bridgehead atoms. The molecule has 0 N–H and O–H groups in total. The van der Waals surface area contributed by atoms with E-state index in [9.17, 15) is 13.2 Å². The van der Waals surface area contributed by atoms with Gasteiger partial charge in [0.05, 0.1) is 22.2 Å². The van der Waals surface area contributed by atoms with E-state index in [1.807, 2.05) is 0 Å². The Bertz CT molecular complexity index is 693. The largest absolute Gasteiger partial charge is 0.491 e. The Morgan fingerprint density at radius 2 is 1.70 bits per heavy atom. The van der Waals surface area contributed by atoms with E-state index in [-0.39, 0.29) is 10.8 Å². The van der Waals surface area contributed by atoms with Crippen molar-refractivity contribution in [2.24, 2.45) is 0 Å². The van der Waals surface area contributed by atoms with Gasteiger partial charge in [0, 0.05) is 11.8 Å². The minimum absolute atomic E-state index is 0.0937. The van der Waals surface area contributed by atoms with Crippen molar-refractivity contribution in [2.75, 3.05) is 12.4 Å². The molecular formula is C15H10Cl2F3O2S. The summed E-state index contributed by atoms with van der Waals surface area (Å²) in [5, 5.41) is 0.224. The van der Waals surface area contributed by atoms with Crippen LogP contribution in [0.5, 0.6) is 17.2 Å². The van der Waals surface area contributed by atoms with Crippen molar-refractivity contribution in [1.82, 2.24) is 0 Å². The summed E-state index contributed by atoms with van der Waals surface area (Å²) in [5.74, 6) is 1.19. The Morgan fingerprint density at radius 1 is 0.957 bits per heavy atom. The number of benzene rings is 2. The molecule has 2 rings (SSSR count). The Morgan fingerprint density at radius 3 is 2.30 bits per heavy atom. The molecule has 2 nitrogen and oxygen atoms in total. The molecule has 0 heterocycles. The van der Waals surface area contributed by atoms with Crippen molar-refractivity contribution in [3.63, 3.8) is 0 Å². The van der Waals surface area contributed by atoms with Crippen LogP contribution in [-0.4, -0.2) is 12.4 Å². The fraction of sp³-hybridized carbons (Fsp3) is 0.200. The number of hydrogen-bond acceptors (Lipinski definition) is 2. The topological polar surface area (TPSA) is 18.5 Å². The van der Waals surface area contributed by atoms with Crippen molar-refractivity contribution in [3.8, 4) is 17.2 Å². The second kappa shape index (κ2) is 7.55. The maximum Gasteiger partial charge on any atom is 0.416 e. The highest BCUT2D eigenvalue weighted by Gasteiger charge is 2.31. The van der Waals surface area contributed by atoms with Crippen molar-refractivity contribution in [1.29, 1.82) is 0 Å². The van der Waals surface area contributed by atoms with Crippen LogP contribution in [-0.2, 0) is 6.18 Å². The summed E-state index contributed by atoms with van der Waals surface area (Å²) in [5.41, 5.74) is -0.847. The lowest BCUT2D eigenvalue weighted by Gasteiger charge is -2.12. The predicted octanol–water partition coefficient (Wildman–Crippen LogP) is 6.38. The fourth-order valence-electron chi connectivity index (χ4n) is 1.70. The van der Waals surface area contributed by atoms with Gasteiger partial charge < -0.3 is 9.47 Å². The Kier molecular flexibility index (Phi) is 5.95. The first kappa shape index (κ1) is 18.1. The van der Waals surface area contributed by atoms with Crippen molar-refractivity contribution in [2.45, 2.75) is 6.18 Å². The fourth-order valence-corrected chi connectivity index (χ4v) is 2.17. The van der Waals surface area contributed by atoms with Crippen LogP contribution in [0.1, 0.15) is 5.56 Å². The first-order valence-electron chi connectivity index (χ1n) is 6.36. The molecule has 123 valence electrons. The predicted molar refractivity (Wildman–Crippen MR) is 85.9 cm³/mol. The standard InChI is InChI=1S/C15H10Cl2F3O2S/c16-11-3-2-10(8-14(11)21-5-6-23)22-13-4-1-9(7-12(13)17)15(18,19)20/h1-4,7-8H,5-6H2. The van der Waals surface area contributed by atoms with Gasteiger partial charge in [-0.05, 0) is 30.3 Å². The van der Waals surface area contributed by atoms with E-state index in [0.717, 1.165) is 18.2 Å². The summed E-state index contributed by atoms with van der Waals surface area (Å²) in [6, 6.07) is 7.47. The van der Waals surface area contributed by atoms with Crippen LogP contribution < -0.4 is 9.47 Å². The average Bonchev–Trinajstić information content (AvgIpc) is 2.48. The molecule has 0 fully saturated rings. The summed E-state index contributed by atoms with van der Waals surface area (Å²) in [7, 11) is 0. The Labute approximate surface area is 146 Å². The van der Waals surface area contributed by atoms with Crippen molar-refractivity contribution < 1.29 is 22.6 Å². The van der Waals surface area contributed by atoms with Crippen LogP contribution in [0.2, 0.25) is 10.0 Å². The molecule has 0 unspecified atom stereocenters. The van der Waals surface area contributed by atoms with E-state index in [0.29, 0.717) is 28.9 Å². The summed E-state index contributed by atoms with van der Waals surface area (Å²) < 4.78 is 48.7. The molecule has 0 atom stereocenters. The van der Waals surface area contributed by atoms with Crippen LogP contribution in [0, 0.1) is 0 Å². The molecule has 0 aliphatic heterocycles. The minimum atomic E-state index is -4.46. The second-order valence-electron chi connectivity index (χ2n) is 4.39. The molecule has 0 spiro atoms. The molecule has 0 saturated carbocycles. The summed E-state index contributed by atoms with van der Waals surface area (Å²) in [6.45, 7) is 0.305. The molecule has 0 aliphatic rings. The molecular weight excluding hydrogens is 372 g/mol. The molecule has 0 saturated heterocycles. The van der Waals surface area contributed by atoms with Gasteiger partial charge in [-0.1, -0.05) is 35.8 Å². The zero-order valence-electron chi connectivity index (χ0n) is 11.5. The highest BCUT2D eigenvalue weighted by molar-refractivity contribution is 7.80. The van der Waals surface area contributed by atoms with E-state index in [4.69, 9.17) is 45.3 Å². The maximum atomic E-state index is 12.6. The van der Waals surface area contributed by atoms with Crippen LogP contribution in [0.3, 0.4) is 0 Å². The first-order chi connectivity index (χ1) is 10.8. The zero-order valence-corrected chi connectivity index (χ0v) is 13.8. The number of rotatable bonds is 5. The Hall–Kier alpha value is -1.24. The summed E-state index contributed by atoms with van der Waals surface area (Å²) in [4.78, 5) is 0. The third kappa shape index (κ3) is 4.86. The lowest BCUT2D eigenvalue weighted by molar-refractivity contribution is -0.137. The number of ether oxygens (including phenoxy) is 2. The van der Waals surface area contributed by atoms with Gasteiger partial charge in [-0.3, -0.25) is 0 Å². The highest BCUT2D eigenvalue weighted by atomic mass is 35.5. The van der Waals surface area contributed by atoms with E-state index >= 15 is 0 Å². The van der Waals surface area contributed by atoms with Crippen LogP contribution in [0.4, 0.5) is 13.2 Å². The Balaban J connectivity index is 2.22. The van der Waals surface area contributed by atoms with Crippen molar-refractivity contribution in [3.05, 3.63) is 52.0 Å². The number of hydrogen-bond donors (Lipinski definition) is 0. The number of alkyl halides is 3.